The zero-order chi connectivity index (χ0) is 39.2. The lowest BCUT2D eigenvalue weighted by atomic mass is 9.36. The molecule has 0 unspecified atom stereocenters. The van der Waals surface area contributed by atoms with Crippen molar-refractivity contribution in [3.8, 4) is 39.4 Å². The standard InChI is InChI=1S/C53H42BNS2/c1-52(2,3)37-20-22-43-45(29-37)56-47-27-35(28-48-51(47)54(43)44-23-21-38(53(4,5)6)30-46(44)57-48)34-24-32(31-55)25-36(26-34)50-41-18-12-10-16-39(41)49(33-14-8-7-9-15-33)40-17-11-13-19-42(40)50/h7-30H,1-6H3. The molecular formula is C53H42BNS2. The summed E-state index contributed by atoms with van der Waals surface area (Å²) in [5.41, 5.74) is 14.5. The summed E-state index contributed by atoms with van der Waals surface area (Å²) in [5.74, 6) is 0. The van der Waals surface area contributed by atoms with Gasteiger partial charge in [-0.2, -0.15) is 5.26 Å². The molecule has 0 N–H and O–H groups in total. The fraction of sp³-hybridized carbons (Fsp3) is 0.151. The first-order valence-corrected chi connectivity index (χ1v) is 21.5. The van der Waals surface area contributed by atoms with Gasteiger partial charge in [-0.25, -0.2) is 0 Å². The molecule has 2 aliphatic heterocycles. The molecule has 274 valence electrons. The second-order valence-corrected chi connectivity index (χ2v) is 19.8. The van der Waals surface area contributed by atoms with Crippen LogP contribution in [0.2, 0.25) is 0 Å². The Labute approximate surface area is 345 Å². The Morgan fingerprint density at radius 1 is 0.439 bits per heavy atom. The summed E-state index contributed by atoms with van der Waals surface area (Å²) < 4.78 is 0. The highest BCUT2D eigenvalue weighted by molar-refractivity contribution is 8.01. The zero-order valence-corrected chi connectivity index (χ0v) is 34.8. The summed E-state index contributed by atoms with van der Waals surface area (Å²) in [6, 6.07) is 56.4. The van der Waals surface area contributed by atoms with Crippen LogP contribution in [0.25, 0.3) is 54.9 Å². The van der Waals surface area contributed by atoms with Crippen LogP contribution in [-0.4, -0.2) is 6.71 Å². The Kier molecular flexibility index (Phi) is 8.38. The maximum Gasteiger partial charge on any atom is 0.247 e. The minimum Gasteiger partial charge on any atom is -0.192 e. The van der Waals surface area contributed by atoms with Gasteiger partial charge in [-0.1, -0.05) is 179 Å². The first-order valence-electron chi connectivity index (χ1n) is 19.8. The molecule has 0 aliphatic carbocycles. The van der Waals surface area contributed by atoms with Crippen LogP contribution in [0.5, 0.6) is 0 Å². The van der Waals surface area contributed by atoms with E-state index in [0.29, 0.717) is 5.56 Å². The van der Waals surface area contributed by atoms with Crippen molar-refractivity contribution in [1.82, 2.24) is 0 Å². The number of hydrogen-bond acceptors (Lipinski definition) is 3. The van der Waals surface area contributed by atoms with Gasteiger partial charge >= 0.3 is 0 Å². The first kappa shape index (κ1) is 35.9. The summed E-state index contributed by atoms with van der Waals surface area (Å²) in [6.07, 6.45) is 0. The number of hydrogen-bond donors (Lipinski definition) is 0. The van der Waals surface area contributed by atoms with Crippen LogP contribution in [0.1, 0.15) is 58.2 Å². The molecule has 8 aromatic carbocycles. The lowest BCUT2D eigenvalue weighted by molar-refractivity contribution is 0.589. The average Bonchev–Trinajstić information content (AvgIpc) is 3.21. The van der Waals surface area contributed by atoms with Gasteiger partial charge in [0.15, 0.2) is 0 Å². The average molecular weight is 768 g/mol. The third-order valence-electron chi connectivity index (χ3n) is 11.9. The van der Waals surface area contributed by atoms with Crippen LogP contribution >= 0.6 is 23.5 Å². The van der Waals surface area contributed by atoms with E-state index in [1.807, 2.05) is 23.5 Å². The van der Waals surface area contributed by atoms with Crippen molar-refractivity contribution in [2.75, 3.05) is 0 Å². The van der Waals surface area contributed by atoms with Crippen molar-refractivity contribution in [2.24, 2.45) is 0 Å². The van der Waals surface area contributed by atoms with Crippen LogP contribution in [-0.2, 0) is 10.8 Å². The normalized spacial score (nSPS) is 13.2. The van der Waals surface area contributed by atoms with Gasteiger partial charge < -0.3 is 0 Å². The quantitative estimate of drug-likeness (QED) is 0.132. The minimum absolute atomic E-state index is 0.0482. The molecule has 8 aromatic rings. The van der Waals surface area contributed by atoms with E-state index < -0.39 is 0 Å². The Morgan fingerprint density at radius 2 is 0.877 bits per heavy atom. The Morgan fingerprint density at radius 3 is 1.35 bits per heavy atom. The van der Waals surface area contributed by atoms with E-state index in [2.05, 4.69) is 193 Å². The Bertz CT molecular complexity index is 2850. The lowest BCUT2D eigenvalue weighted by Gasteiger charge is -2.35. The van der Waals surface area contributed by atoms with Gasteiger partial charge in [-0.3, -0.25) is 0 Å². The molecule has 4 heteroatoms. The van der Waals surface area contributed by atoms with Crippen molar-refractivity contribution < 1.29 is 0 Å². The summed E-state index contributed by atoms with van der Waals surface area (Å²) in [6.45, 7) is 14.0. The van der Waals surface area contributed by atoms with Crippen LogP contribution in [0.15, 0.2) is 165 Å². The topological polar surface area (TPSA) is 23.8 Å². The van der Waals surface area contributed by atoms with Gasteiger partial charge in [0, 0.05) is 19.6 Å². The predicted molar refractivity (Wildman–Crippen MR) is 246 cm³/mol. The molecule has 0 saturated heterocycles. The molecule has 0 aromatic heterocycles. The summed E-state index contributed by atoms with van der Waals surface area (Å²) >= 11 is 3.81. The molecule has 0 amide bonds. The number of fused-ring (bicyclic) bond motifs is 6. The highest BCUT2D eigenvalue weighted by Crippen LogP contribution is 2.46. The Hall–Kier alpha value is -5.47. The lowest BCUT2D eigenvalue weighted by Crippen LogP contribution is -2.58. The van der Waals surface area contributed by atoms with Crippen molar-refractivity contribution >= 4 is 68.2 Å². The van der Waals surface area contributed by atoms with E-state index in [0.717, 1.165) is 22.3 Å². The van der Waals surface area contributed by atoms with Crippen LogP contribution < -0.4 is 16.4 Å². The summed E-state index contributed by atoms with van der Waals surface area (Å²) in [4.78, 5) is 5.28. The molecule has 1 nitrogen and oxygen atoms in total. The number of nitriles is 1. The molecule has 57 heavy (non-hydrogen) atoms. The highest BCUT2D eigenvalue weighted by atomic mass is 32.2. The van der Waals surface area contributed by atoms with E-state index in [1.54, 1.807) is 0 Å². The molecule has 0 spiro atoms. The van der Waals surface area contributed by atoms with E-state index >= 15 is 0 Å². The smallest absolute Gasteiger partial charge is 0.192 e. The number of rotatable bonds is 3. The fourth-order valence-electron chi connectivity index (χ4n) is 8.95. The number of benzene rings is 8. The van der Waals surface area contributed by atoms with Gasteiger partial charge in [0.05, 0.1) is 11.6 Å². The second kappa shape index (κ2) is 13.3. The molecule has 0 saturated carbocycles. The van der Waals surface area contributed by atoms with Gasteiger partial charge in [0.2, 0.25) is 6.71 Å². The largest absolute Gasteiger partial charge is 0.247 e. The van der Waals surface area contributed by atoms with Crippen molar-refractivity contribution in [1.29, 1.82) is 5.26 Å². The molecule has 2 heterocycles. The first-order chi connectivity index (χ1) is 27.5. The zero-order valence-electron chi connectivity index (χ0n) is 33.2. The monoisotopic (exact) mass is 767 g/mol. The molecule has 2 aliphatic rings. The SMILES string of the molecule is CC(C)(C)c1ccc2c(c1)Sc1cc(-c3cc(C#N)cc(-c4c5ccccc5c(-c5ccccc5)c5ccccc45)c3)cc3c1B2c1ccc(C(C)(C)C)cc1S3. The maximum atomic E-state index is 10.6. The van der Waals surface area contributed by atoms with E-state index in [9.17, 15) is 5.26 Å². The van der Waals surface area contributed by atoms with E-state index in [-0.39, 0.29) is 17.5 Å². The molecule has 0 radical (unpaired) electrons. The van der Waals surface area contributed by atoms with Crippen molar-refractivity contribution in [3.63, 3.8) is 0 Å². The van der Waals surface area contributed by atoms with Gasteiger partial charge in [0.25, 0.3) is 0 Å². The molecular weight excluding hydrogens is 726 g/mol. The van der Waals surface area contributed by atoms with Crippen LogP contribution in [0.3, 0.4) is 0 Å². The van der Waals surface area contributed by atoms with Crippen molar-refractivity contribution in [2.45, 2.75) is 72.0 Å². The van der Waals surface area contributed by atoms with E-state index in [1.165, 1.54) is 79.8 Å². The molecule has 0 fully saturated rings. The van der Waals surface area contributed by atoms with Crippen LogP contribution in [0, 0.1) is 11.3 Å². The third-order valence-corrected chi connectivity index (χ3v) is 14.2. The maximum absolute atomic E-state index is 10.6. The molecule has 0 bridgehead atoms. The Balaban J connectivity index is 1.20. The highest BCUT2D eigenvalue weighted by Gasteiger charge is 2.39. The summed E-state index contributed by atoms with van der Waals surface area (Å²) in [7, 11) is 0. The number of nitrogens with zero attached hydrogens (tertiary/aromatic N) is 1. The van der Waals surface area contributed by atoms with Gasteiger partial charge in [-0.05, 0) is 125 Å². The summed E-state index contributed by atoms with van der Waals surface area (Å²) in [5, 5.41) is 15.4. The minimum atomic E-state index is 0.0482. The van der Waals surface area contributed by atoms with Crippen molar-refractivity contribution in [3.05, 3.63) is 162 Å². The fourth-order valence-corrected chi connectivity index (χ4v) is 11.5. The van der Waals surface area contributed by atoms with Gasteiger partial charge in [-0.15, -0.1) is 0 Å². The second-order valence-electron chi connectivity index (χ2n) is 17.6. The van der Waals surface area contributed by atoms with E-state index in [4.69, 9.17) is 0 Å². The predicted octanol–water partition coefficient (Wildman–Crippen LogP) is 12.9. The molecule has 0 atom stereocenters. The molecule has 10 rings (SSSR count). The third kappa shape index (κ3) is 6.03. The van der Waals surface area contributed by atoms with Crippen LogP contribution in [0.4, 0.5) is 0 Å². The van der Waals surface area contributed by atoms with Gasteiger partial charge in [0.1, 0.15) is 0 Å².